The molecule has 0 saturated heterocycles. The summed E-state index contributed by atoms with van der Waals surface area (Å²) in [6.07, 6.45) is 1.55. The molecule has 0 radical (unpaired) electrons. The highest BCUT2D eigenvalue weighted by Crippen LogP contribution is 2.28. The van der Waals surface area contributed by atoms with E-state index in [1.165, 1.54) is 4.57 Å². The Labute approximate surface area is 147 Å². The zero-order valence-electron chi connectivity index (χ0n) is 13.1. The fourth-order valence-electron chi connectivity index (χ4n) is 2.86. The number of aromatic nitrogens is 2. The lowest BCUT2D eigenvalue weighted by atomic mass is 10.2. The van der Waals surface area contributed by atoms with Crippen LogP contribution in [0.3, 0.4) is 0 Å². The van der Waals surface area contributed by atoms with Gasteiger partial charge in [0, 0.05) is 5.39 Å². The zero-order chi connectivity index (χ0) is 17.4. The van der Waals surface area contributed by atoms with Crippen molar-refractivity contribution in [1.29, 1.82) is 0 Å². The molecular formula is C17H14N4O3S. The highest BCUT2D eigenvalue weighted by Gasteiger charge is 2.33. The summed E-state index contributed by atoms with van der Waals surface area (Å²) in [4.78, 5) is 29.1. The number of hydrogen-bond donors (Lipinski definition) is 2. The summed E-state index contributed by atoms with van der Waals surface area (Å²) >= 11 is 5.23. The number of carbonyl (C=O) groups excluding carboxylic acids is 2. The lowest BCUT2D eigenvalue weighted by Gasteiger charge is -2.09. The molecule has 0 bridgehead atoms. The van der Waals surface area contributed by atoms with E-state index >= 15 is 0 Å². The average Bonchev–Trinajstić information content (AvgIpc) is 3.22. The van der Waals surface area contributed by atoms with Crippen molar-refractivity contribution in [2.24, 2.45) is 0 Å². The fourth-order valence-corrected chi connectivity index (χ4v) is 3.14. The number of benzene rings is 1. The summed E-state index contributed by atoms with van der Waals surface area (Å²) in [5, 5.41) is 6.64. The van der Waals surface area contributed by atoms with Gasteiger partial charge in [0.1, 0.15) is 17.6 Å². The molecule has 25 heavy (non-hydrogen) atoms. The number of amides is 1. The maximum absolute atomic E-state index is 12.6. The number of rotatable bonds is 4. The van der Waals surface area contributed by atoms with Crippen LogP contribution in [0.5, 0.6) is 0 Å². The van der Waals surface area contributed by atoms with E-state index in [2.05, 4.69) is 15.6 Å². The second-order valence-electron chi connectivity index (χ2n) is 5.69. The van der Waals surface area contributed by atoms with Crippen LogP contribution in [0.25, 0.3) is 10.9 Å². The van der Waals surface area contributed by atoms with E-state index < -0.39 is 6.04 Å². The molecule has 0 spiro atoms. The fraction of sp³-hybridized carbons (Fsp3) is 0.176. The first kappa shape index (κ1) is 15.5. The van der Waals surface area contributed by atoms with Crippen molar-refractivity contribution in [3.63, 3.8) is 0 Å². The van der Waals surface area contributed by atoms with Gasteiger partial charge in [0.25, 0.3) is 5.91 Å². The van der Waals surface area contributed by atoms with E-state index in [-0.39, 0.29) is 29.6 Å². The Hall–Kier alpha value is -3.00. The van der Waals surface area contributed by atoms with Crippen molar-refractivity contribution in [3.8, 4) is 0 Å². The summed E-state index contributed by atoms with van der Waals surface area (Å²) in [5.41, 5.74) is 0.710. The van der Waals surface area contributed by atoms with Gasteiger partial charge in [-0.1, -0.05) is 12.1 Å². The first-order valence-electron chi connectivity index (χ1n) is 7.75. The molecule has 1 aliphatic heterocycles. The molecule has 1 amide bonds. The Morgan fingerprint density at radius 2 is 2.16 bits per heavy atom. The van der Waals surface area contributed by atoms with Gasteiger partial charge < -0.3 is 15.1 Å². The largest absolute Gasteiger partial charge is 0.467 e. The standard InChI is InChI=1S/C17H14N4O3S/c22-14(18-9-10-4-3-7-24-10)8-13-16(23)21-15(19-13)11-5-1-2-6-12(11)20-17(21)25/h1-7,13,19H,8-9H2,(H,18,22)/t13-/m0/s1. The molecule has 3 heterocycles. The summed E-state index contributed by atoms with van der Waals surface area (Å²) in [7, 11) is 0. The Balaban J connectivity index is 1.54. The van der Waals surface area contributed by atoms with Crippen LogP contribution < -0.4 is 10.6 Å². The topological polar surface area (TPSA) is 89.2 Å². The van der Waals surface area contributed by atoms with Crippen LogP contribution in [-0.4, -0.2) is 27.4 Å². The smallest absolute Gasteiger partial charge is 0.257 e. The number of nitrogens with one attached hydrogen (secondary N) is 2. The minimum atomic E-state index is -0.675. The van der Waals surface area contributed by atoms with Gasteiger partial charge in [0.15, 0.2) is 0 Å². The van der Waals surface area contributed by atoms with Crippen LogP contribution in [0.4, 0.5) is 5.82 Å². The van der Waals surface area contributed by atoms with Crippen LogP contribution in [-0.2, 0) is 11.3 Å². The molecule has 4 rings (SSSR count). The first-order chi connectivity index (χ1) is 12.1. The van der Waals surface area contributed by atoms with Gasteiger partial charge in [0.05, 0.1) is 24.7 Å². The third-order valence-corrected chi connectivity index (χ3v) is 4.32. The van der Waals surface area contributed by atoms with E-state index in [1.54, 1.807) is 18.4 Å². The molecule has 1 aliphatic rings. The molecular weight excluding hydrogens is 340 g/mol. The summed E-state index contributed by atoms with van der Waals surface area (Å²) in [5.74, 6) is 0.717. The lowest BCUT2D eigenvalue weighted by molar-refractivity contribution is -0.121. The minimum Gasteiger partial charge on any atom is -0.467 e. The number of fused-ring (bicyclic) bond motifs is 3. The van der Waals surface area contributed by atoms with Crippen molar-refractivity contribution < 1.29 is 14.0 Å². The average molecular weight is 354 g/mol. The van der Waals surface area contributed by atoms with Crippen LogP contribution in [0.2, 0.25) is 0 Å². The van der Waals surface area contributed by atoms with E-state index in [9.17, 15) is 9.59 Å². The lowest BCUT2D eigenvalue weighted by Crippen LogP contribution is -2.33. The van der Waals surface area contributed by atoms with Crippen molar-refractivity contribution in [3.05, 3.63) is 53.2 Å². The van der Waals surface area contributed by atoms with Crippen molar-refractivity contribution in [2.75, 3.05) is 5.32 Å². The van der Waals surface area contributed by atoms with Crippen molar-refractivity contribution in [1.82, 2.24) is 14.9 Å². The van der Waals surface area contributed by atoms with Crippen LogP contribution in [0.1, 0.15) is 17.0 Å². The van der Waals surface area contributed by atoms with Crippen LogP contribution in [0, 0.1) is 4.77 Å². The quantitative estimate of drug-likeness (QED) is 0.700. The molecule has 0 unspecified atom stereocenters. The summed E-state index contributed by atoms with van der Waals surface area (Å²) in [6.45, 7) is 0.281. The van der Waals surface area contributed by atoms with Gasteiger partial charge in [-0.2, -0.15) is 0 Å². The van der Waals surface area contributed by atoms with E-state index in [0.717, 1.165) is 5.39 Å². The maximum Gasteiger partial charge on any atom is 0.257 e. The van der Waals surface area contributed by atoms with Crippen molar-refractivity contribution in [2.45, 2.75) is 19.0 Å². The van der Waals surface area contributed by atoms with Gasteiger partial charge in [0.2, 0.25) is 10.7 Å². The van der Waals surface area contributed by atoms with E-state index in [4.69, 9.17) is 16.6 Å². The number of anilines is 1. The Morgan fingerprint density at radius 1 is 1.32 bits per heavy atom. The van der Waals surface area contributed by atoms with Gasteiger partial charge >= 0.3 is 0 Å². The van der Waals surface area contributed by atoms with Crippen LogP contribution in [0.15, 0.2) is 47.1 Å². The van der Waals surface area contributed by atoms with Crippen molar-refractivity contribution >= 4 is 40.8 Å². The SMILES string of the molecule is O=C(C[C@@H]1Nc2c3ccccc3nc(=S)n2C1=O)NCc1ccco1. The second kappa shape index (κ2) is 6.14. The maximum atomic E-state index is 12.6. The Kier molecular flexibility index (Phi) is 3.81. The monoisotopic (exact) mass is 354 g/mol. The summed E-state index contributed by atoms with van der Waals surface area (Å²) in [6, 6.07) is 10.3. The molecule has 3 aromatic rings. The number of hydrogen-bond acceptors (Lipinski definition) is 6. The third kappa shape index (κ3) is 2.80. The molecule has 0 aliphatic carbocycles. The molecule has 1 atom stereocenters. The Bertz CT molecular complexity index is 1030. The van der Waals surface area contributed by atoms with Gasteiger partial charge in [-0.3, -0.25) is 9.59 Å². The second-order valence-corrected chi connectivity index (χ2v) is 6.06. The predicted octanol–water partition coefficient (Wildman–Crippen LogP) is 2.50. The molecule has 0 fully saturated rings. The molecule has 2 aromatic heterocycles. The number of nitrogens with zero attached hydrogens (tertiary/aromatic N) is 2. The Morgan fingerprint density at radius 3 is 2.96 bits per heavy atom. The van der Waals surface area contributed by atoms with E-state index in [1.807, 2.05) is 24.3 Å². The zero-order valence-corrected chi connectivity index (χ0v) is 13.9. The molecule has 126 valence electrons. The third-order valence-electron chi connectivity index (χ3n) is 4.05. The molecule has 1 aromatic carbocycles. The number of carbonyl (C=O) groups is 2. The summed E-state index contributed by atoms with van der Waals surface area (Å²) < 4.78 is 6.71. The molecule has 0 saturated carbocycles. The van der Waals surface area contributed by atoms with Gasteiger partial charge in [-0.05, 0) is 36.5 Å². The predicted molar refractivity (Wildman–Crippen MR) is 93.8 cm³/mol. The normalized spacial score (nSPS) is 15.8. The van der Waals surface area contributed by atoms with Crippen LogP contribution >= 0.6 is 12.2 Å². The highest BCUT2D eigenvalue weighted by molar-refractivity contribution is 7.71. The highest BCUT2D eigenvalue weighted by atomic mass is 32.1. The molecule has 8 heteroatoms. The first-order valence-corrected chi connectivity index (χ1v) is 8.16. The number of para-hydroxylation sites is 1. The molecule has 7 nitrogen and oxygen atoms in total. The van der Waals surface area contributed by atoms with E-state index in [0.29, 0.717) is 17.1 Å². The minimum absolute atomic E-state index is 0.00429. The molecule has 2 N–H and O–H groups in total. The van der Waals surface area contributed by atoms with Gasteiger partial charge in [-0.15, -0.1) is 0 Å². The van der Waals surface area contributed by atoms with Gasteiger partial charge in [-0.25, -0.2) is 9.55 Å². The number of furan rings is 1.